The number of nitrogens with two attached hydrogens (primary N) is 4. The number of nitrogens with zero attached hydrogens (tertiary/aromatic N) is 4. The van der Waals surface area contributed by atoms with Gasteiger partial charge in [0.05, 0.1) is 67.2 Å². The number of benzene rings is 2. The number of hydrogen-bond donors (Lipinski definition) is 28. The van der Waals surface area contributed by atoms with E-state index in [-0.39, 0.29) is 137 Å². The maximum Gasteiger partial charge on any atom is 0.326 e. The summed E-state index contributed by atoms with van der Waals surface area (Å²) >= 11 is 0. The minimum absolute atomic E-state index is 0.00284. The molecule has 0 aliphatic carbocycles. The van der Waals surface area contributed by atoms with Crippen molar-refractivity contribution in [2.24, 2.45) is 28.9 Å². The molecule has 11 amide bonds. The number of carbonyl (C=O) groups excluding carboxylic acids is 11. The molecule has 648 valence electrons. The van der Waals surface area contributed by atoms with Gasteiger partial charge in [0.2, 0.25) is 65.0 Å². The lowest BCUT2D eigenvalue weighted by Gasteiger charge is -2.28. The molecule has 0 radical (unpaired) electrons. The van der Waals surface area contributed by atoms with Gasteiger partial charge in [0, 0.05) is 93.5 Å². The van der Waals surface area contributed by atoms with Crippen molar-refractivity contribution in [1.82, 2.24) is 114 Å². The predicted molar refractivity (Wildman–Crippen MR) is 430 cm³/mol. The number of rotatable bonds is 52. The number of aromatic amines is 5. The van der Waals surface area contributed by atoms with Gasteiger partial charge >= 0.3 is 11.9 Å². The lowest BCUT2D eigenvalue weighted by atomic mass is 10.0. The number of amides is 11. The van der Waals surface area contributed by atoms with Crippen LogP contribution in [-0.2, 0) is 101 Å². The Bertz CT molecular complexity index is 4540. The number of H-pyrrole nitrogens is 5. The van der Waals surface area contributed by atoms with Crippen LogP contribution >= 0.6 is 0 Å². The quantitative estimate of drug-likeness (QED) is 0.00960. The van der Waals surface area contributed by atoms with Gasteiger partial charge in [-0.2, -0.15) is 0 Å². The van der Waals surface area contributed by atoms with Crippen LogP contribution in [0, 0.1) is 16.7 Å². The van der Waals surface area contributed by atoms with Crippen molar-refractivity contribution in [1.29, 1.82) is 10.8 Å². The van der Waals surface area contributed by atoms with Gasteiger partial charge in [-0.15, -0.1) is 0 Å². The molecule has 0 unspecified atom stereocenters. The van der Waals surface area contributed by atoms with E-state index in [1.807, 2.05) is 0 Å². The highest BCUT2D eigenvalue weighted by Crippen LogP contribution is 2.21. The molecule has 32 N–H and O–H groups in total. The number of aromatic nitrogens is 9. The number of hydrogen-bond acceptors (Lipinski definition) is 23. The van der Waals surface area contributed by atoms with Crippen molar-refractivity contribution >= 4 is 99.7 Å². The minimum Gasteiger partial charge on any atom is -0.508 e. The first-order valence-electron chi connectivity index (χ1n) is 38.6. The van der Waals surface area contributed by atoms with E-state index in [4.69, 9.17) is 33.8 Å². The van der Waals surface area contributed by atoms with Crippen LogP contribution < -0.4 is 92.1 Å². The number of aliphatic carboxylic acids is 2. The molecule has 2 aromatic carbocycles. The number of nitrogens with one attached hydrogen (secondary N) is 20. The molecule has 0 saturated carbocycles. The van der Waals surface area contributed by atoms with Gasteiger partial charge in [-0.3, -0.25) is 68.4 Å². The average Bonchev–Trinajstić information content (AvgIpc) is 1.64. The van der Waals surface area contributed by atoms with E-state index < -0.39 is 175 Å². The molecule has 7 aromatic rings. The molecule has 0 spiro atoms. The number of carboxylic acid groups (broad SMARTS) is 2. The molecule has 5 heterocycles. The number of unbranched alkanes of at least 4 members (excludes halogenated alkanes) is 1. The van der Waals surface area contributed by atoms with Crippen molar-refractivity contribution in [3.63, 3.8) is 0 Å². The predicted octanol–water partition coefficient (Wildman–Crippen LogP) is -5.56. The zero-order valence-corrected chi connectivity index (χ0v) is 65.9. The molecule has 45 heteroatoms. The van der Waals surface area contributed by atoms with Crippen molar-refractivity contribution in [2.75, 3.05) is 26.2 Å². The van der Waals surface area contributed by atoms with Gasteiger partial charge in [-0.05, 0) is 93.2 Å². The molecule has 45 nitrogen and oxygen atoms in total. The number of carbonyl (C=O) groups is 13. The number of aliphatic hydroxyl groups is 1. The fraction of sp³-hybridized carbons (Fsp3) is 0.453. The normalized spacial score (nSPS) is 14.2. The molecule has 0 aliphatic rings. The van der Waals surface area contributed by atoms with Crippen LogP contribution in [-0.4, -0.2) is 253 Å². The number of para-hydroxylation sites is 1. The zero-order chi connectivity index (χ0) is 87.4. The average molecular weight is 1670 g/mol. The third kappa shape index (κ3) is 31.0. The molecule has 5 aromatic heterocycles. The highest BCUT2D eigenvalue weighted by molar-refractivity contribution is 6.00. The monoisotopic (exact) mass is 1670 g/mol. The Kier molecular flexibility index (Phi) is 36.8. The number of guanidine groups is 2. The Balaban J connectivity index is 1.13. The number of imidazole rings is 4. The highest BCUT2D eigenvalue weighted by Gasteiger charge is 2.39. The standard InChI is InChI=1S/C75H106N28O17/c1-39(2)21-53(96-63(109)51(12-7-19-86-74(78)79)93-62(108)48(77)28-61(106)107)66(112)99-56(25-43-31-83-36-90-43)69(115)101-57(26-44-32-84-37-91-44)70(116)100-55(24-42-30-82-35-89-42)68(114)95-52(13-8-20-87-75(80)81)64(110)98-58(27-45-33-85-38-92-45)71(117)103-60(34-104)72(118)97-54(23-41-29-88-49-10-4-3-9-47(41)49)67(113)94-50(11-5-6-18-76)65(111)102-59(73(119)120)22-40-14-16-46(105)17-15-40/h3-4,9-10,14-17,29-33,35-39,48,50-60,88,104-105H,5-8,11-13,18-28,34,76-77H2,1-2H3,(H,82,89)(H,83,90)(H,84,91)(H,85,92)(H,93,108)(H,94,113)(H,95,114)(H,96,109)(H,97,118)(H,98,110)(H,99,112)(H,100,116)(H,101,115)(H,102,111)(H,103,117)(H,106,107)(H,119,120)(H4,78,79,86)(H4,80,81,87)/t48-,50-,51-,52-,53-,54-,55-,56-,57-,58-,59-,60-/m0/s1. The van der Waals surface area contributed by atoms with Crippen molar-refractivity contribution in [3.05, 3.63) is 139 Å². The second kappa shape index (κ2) is 47.4. The lowest BCUT2D eigenvalue weighted by molar-refractivity contribution is -0.142. The van der Waals surface area contributed by atoms with Gasteiger partial charge in [-0.25, -0.2) is 24.7 Å². The Morgan fingerprint density at radius 3 is 1.18 bits per heavy atom. The third-order valence-corrected chi connectivity index (χ3v) is 18.8. The molecular formula is C75H106N28O17. The van der Waals surface area contributed by atoms with E-state index >= 15 is 14.4 Å². The van der Waals surface area contributed by atoms with Gasteiger partial charge in [-0.1, -0.05) is 44.2 Å². The second-order valence-electron chi connectivity index (χ2n) is 28.8. The SMILES string of the molecule is CC(C)C[C@H](NC(=O)[C@H](CCCNC(=N)N)NC(=O)[C@@H](N)CC(=O)O)C(=O)N[C@@H](Cc1c[nH]cn1)C(=O)N[C@@H](Cc1c[nH]cn1)C(=O)N[C@@H](Cc1c[nH]cn1)C(=O)N[C@@H](CCCNC(=N)N)C(=O)N[C@@H](Cc1c[nH]cn1)C(=O)N[C@@H](CO)C(=O)N[C@@H](Cc1c[nH]c2ccccc12)C(=O)N[C@@H](CCCCN)C(=O)N[C@@H](Cc1ccc(O)cc1)C(=O)O. The molecule has 12 atom stereocenters. The Morgan fingerprint density at radius 2 is 0.792 bits per heavy atom. The fourth-order valence-corrected chi connectivity index (χ4v) is 12.6. The van der Waals surface area contributed by atoms with Crippen LogP contribution in [0.3, 0.4) is 0 Å². The van der Waals surface area contributed by atoms with Gasteiger partial charge in [0.1, 0.15) is 72.2 Å². The van der Waals surface area contributed by atoms with Crippen LogP contribution in [0.4, 0.5) is 0 Å². The van der Waals surface area contributed by atoms with Crippen LogP contribution in [0.15, 0.2) is 105 Å². The number of aromatic hydroxyl groups is 1. The number of phenols is 1. The maximum atomic E-state index is 15.1. The second-order valence-corrected chi connectivity index (χ2v) is 28.8. The van der Waals surface area contributed by atoms with E-state index in [0.29, 0.717) is 28.5 Å². The van der Waals surface area contributed by atoms with E-state index in [1.54, 1.807) is 44.3 Å². The summed E-state index contributed by atoms with van der Waals surface area (Å²) in [5.41, 5.74) is 25.1. The van der Waals surface area contributed by atoms with E-state index in [1.165, 1.54) is 74.4 Å². The fourth-order valence-electron chi connectivity index (χ4n) is 12.6. The largest absolute Gasteiger partial charge is 0.508 e. The molecular weight excluding hydrogens is 1570 g/mol. The van der Waals surface area contributed by atoms with Gasteiger partial charge < -0.3 is 137 Å². The molecule has 0 saturated heterocycles. The number of fused-ring (bicyclic) bond motifs is 1. The summed E-state index contributed by atoms with van der Waals surface area (Å²) < 4.78 is 0. The number of carboxylic acids is 2. The van der Waals surface area contributed by atoms with Crippen molar-refractivity contribution in [3.8, 4) is 5.75 Å². The summed E-state index contributed by atoms with van der Waals surface area (Å²) in [6.07, 6.45) is 9.98. The summed E-state index contributed by atoms with van der Waals surface area (Å²) in [5, 5.41) is 90.0. The molecule has 7 rings (SSSR count). The molecule has 0 bridgehead atoms. The van der Waals surface area contributed by atoms with Crippen LogP contribution in [0.1, 0.15) is 106 Å². The Labute approximate surface area is 686 Å². The topological polar surface area (TPSA) is 742 Å². The third-order valence-electron chi connectivity index (χ3n) is 18.8. The first kappa shape index (κ1) is 93.3. The van der Waals surface area contributed by atoms with Crippen LogP contribution in [0.2, 0.25) is 0 Å². The minimum atomic E-state index is -1.89. The lowest BCUT2D eigenvalue weighted by Crippen LogP contribution is -2.62. The van der Waals surface area contributed by atoms with Gasteiger partial charge in [0.15, 0.2) is 11.9 Å². The number of aliphatic hydroxyl groups excluding tert-OH is 1. The molecule has 0 aliphatic heterocycles. The smallest absolute Gasteiger partial charge is 0.326 e. The molecule has 0 fully saturated rings. The highest BCUT2D eigenvalue weighted by atomic mass is 16.4. The van der Waals surface area contributed by atoms with Crippen molar-refractivity contribution < 1.29 is 82.8 Å². The first-order valence-corrected chi connectivity index (χ1v) is 38.6. The van der Waals surface area contributed by atoms with Crippen molar-refractivity contribution in [2.45, 2.75) is 183 Å². The zero-order valence-electron chi connectivity index (χ0n) is 65.9. The van der Waals surface area contributed by atoms with E-state index in [0.717, 1.165) is 0 Å². The Hall–Kier alpha value is -13.9. The van der Waals surface area contributed by atoms with Crippen LogP contribution in [0.5, 0.6) is 5.75 Å². The maximum absolute atomic E-state index is 15.1. The Morgan fingerprint density at radius 1 is 0.433 bits per heavy atom. The van der Waals surface area contributed by atoms with Crippen LogP contribution in [0.25, 0.3) is 10.9 Å². The van der Waals surface area contributed by atoms with E-state index in [2.05, 4.69) is 114 Å². The summed E-state index contributed by atoms with van der Waals surface area (Å²) in [5.74, 6) is -15.0. The molecule has 120 heavy (non-hydrogen) atoms. The van der Waals surface area contributed by atoms with E-state index in [9.17, 15) is 68.4 Å². The summed E-state index contributed by atoms with van der Waals surface area (Å²) in [4.78, 5) is 216. The number of phenolic OH excluding ortho intramolecular Hbond substituents is 1. The van der Waals surface area contributed by atoms with Gasteiger partial charge in [0.25, 0.3) is 0 Å². The summed E-state index contributed by atoms with van der Waals surface area (Å²) in [7, 11) is 0. The summed E-state index contributed by atoms with van der Waals surface area (Å²) in [6, 6.07) is -6.37. The first-order chi connectivity index (χ1) is 57.4. The summed E-state index contributed by atoms with van der Waals surface area (Å²) in [6.45, 7) is 2.59.